The van der Waals surface area contributed by atoms with Crippen molar-refractivity contribution in [2.75, 3.05) is 0 Å². The van der Waals surface area contributed by atoms with Gasteiger partial charge in [0.15, 0.2) is 0 Å². The number of nitrogens with one attached hydrogen (secondary N) is 1. The minimum absolute atomic E-state index is 0.0842. The van der Waals surface area contributed by atoms with Crippen LogP contribution in [-0.2, 0) is 23.1 Å². The lowest BCUT2D eigenvalue weighted by Crippen LogP contribution is -2.37. The molecule has 3 heterocycles. The number of halogens is 4. The monoisotopic (exact) mass is 476 g/mol. The van der Waals surface area contributed by atoms with E-state index in [4.69, 9.17) is 11.6 Å². The Bertz CT molecular complexity index is 1340. The van der Waals surface area contributed by atoms with Gasteiger partial charge in [0.25, 0.3) is 0 Å². The zero-order valence-corrected chi connectivity index (χ0v) is 18.7. The zero-order valence-electron chi connectivity index (χ0n) is 18.0. The molecule has 33 heavy (non-hydrogen) atoms. The molecule has 4 rings (SSSR count). The Morgan fingerprint density at radius 2 is 2.00 bits per heavy atom. The van der Waals surface area contributed by atoms with E-state index in [-0.39, 0.29) is 22.8 Å². The second kappa shape index (κ2) is 7.91. The van der Waals surface area contributed by atoms with Crippen molar-refractivity contribution in [3.8, 4) is 0 Å². The topological polar surface area (TPSA) is 80.0 Å². The summed E-state index contributed by atoms with van der Waals surface area (Å²) in [5.74, 6) is -0.382. The number of carboxylic acids is 1. The van der Waals surface area contributed by atoms with Gasteiger partial charge in [-0.25, -0.2) is 9.78 Å². The summed E-state index contributed by atoms with van der Waals surface area (Å²) in [6, 6.07) is 4.69. The van der Waals surface area contributed by atoms with Crippen molar-refractivity contribution in [1.29, 1.82) is 0 Å². The maximum atomic E-state index is 13.0. The second-order valence-corrected chi connectivity index (χ2v) is 8.55. The Hall–Kier alpha value is -3.33. The van der Waals surface area contributed by atoms with Crippen molar-refractivity contribution in [2.24, 2.45) is 0 Å². The van der Waals surface area contributed by atoms with Crippen molar-refractivity contribution >= 4 is 28.6 Å². The van der Waals surface area contributed by atoms with Crippen LogP contribution in [0, 0.1) is 13.8 Å². The number of pyridine rings is 1. The number of aromatic nitrogens is 3. The van der Waals surface area contributed by atoms with E-state index in [1.807, 2.05) is 30.5 Å². The first-order valence-electron chi connectivity index (χ1n) is 9.99. The van der Waals surface area contributed by atoms with Crippen molar-refractivity contribution in [2.45, 2.75) is 39.0 Å². The fraction of sp³-hybridized carbons (Fsp3) is 0.261. The number of imidazole rings is 1. The molecule has 3 aromatic rings. The van der Waals surface area contributed by atoms with Gasteiger partial charge in [0.2, 0.25) is 0 Å². The Balaban J connectivity index is 1.80. The smallest absolute Gasteiger partial charge is 0.417 e. The number of carbonyl (C=O) groups is 1. The van der Waals surface area contributed by atoms with E-state index in [1.165, 1.54) is 6.08 Å². The van der Waals surface area contributed by atoms with E-state index in [1.54, 1.807) is 19.2 Å². The Morgan fingerprint density at radius 3 is 2.64 bits per heavy atom. The number of fused-ring (bicyclic) bond motifs is 1. The summed E-state index contributed by atoms with van der Waals surface area (Å²) in [6.45, 7) is 5.68. The second-order valence-electron chi connectivity index (χ2n) is 8.14. The highest BCUT2D eigenvalue weighted by Crippen LogP contribution is 2.34. The number of carboxylic acid groups (broad SMARTS) is 1. The molecule has 172 valence electrons. The summed E-state index contributed by atoms with van der Waals surface area (Å²) in [6.07, 6.45) is 0.958. The number of alkyl halides is 3. The van der Waals surface area contributed by atoms with Gasteiger partial charge in [-0.15, -0.1) is 0 Å². The molecular weight excluding hydrogens is 457 g/mol. The lowest BCUT2D eigenvalue weighted by molar-refractivity contribution is -0.138. The van der Waals surface area contributed by atoms with E-state index in [2.05, 4.69) is 15.3 Å². The molecule has 2 N–H and O–H groups in total. The number of nitrogens with zero attached hydrogens (tertiary/aromatic N) is 3. The number of rotatable bonds is 4. The largest absolute Gasteiger partial charge is 0.478 e. The van der Waals surface area contributed by atoms with Crippen molar-refractivity contribution in [3.63, 3.8) is 0 Å². The molecule has 10 heteroatoms. The SMILES string of the molecule is Cc1cc(C2(C)C=C(C(=O)O)C=CN2)cc2c1nc(C)n2Cc1ncc(C(F)(F)F)cc1Cl. The van der Waals surface area contributed by atoms with Crippen LogP contribution in [0.15, 0.2) is 48.3 Å². The van der Waals surface area contributed by atoms with Crippen LogP contribution in [0.4, 0.5) is 13.2 Å². The number of hydrogen-bond donors (Lipinski definition) is 2. The molecule has 0 saturated carbocycles. The molecule has 1 aliphatic heterocycles. The minimum atomic E-state index is -4.53. The Kier molecular flexibility index (Phi) is 5.48. The van der Waals surface area contributed by atoms with E-state index < -0.39 is 23.2 Å². The van der Waals surface area contributed by atoms with Crippen molar-refractivity contribution in [3.05, 3.63) is 81.6 Å². The fourth-order valence-electron chi connectivity index (χ4n) is 3.90. The maximum Gasteiger partial charge on any atom is 0.417 e. The van der Waals surface area contributed by atoms with Gasteiger partial charge in [-0.3, -0.25) is 4.98 Å². The van der Waals surface area contributed by atoms with E-state index in [0.717, 1.165) is 34.4 Å². The van der Waals surface area contributed by atoms with Crippen LogP contribution >= 0.6 is 11.6 Å². The van der Waals surface area contributed by atoms with Crippen molar-refractivity contribution in [1.82, 2.24) is 19.9 Å². The molecule has 0 fully saturated rings. The molecule has 6 nitrogen and oxygen atoms in total. The number of benzene rings is 1. The predicted octanol–water partition coefficient (Wildman–Crippen LogP) is 5.11. The zero-order chi connectivity index (χ0) is 24.1. The highest BCUT2D eigenvalue weighted by molar-refractivity contribution is 6.31. The number of dihydropyridines is 1. The third-order valence-corrected chi connectivity index (χ3v) is 6.05. The highest BCUT2D eigenvalue weighted by atomic mass is 35.5. The van der Waals surface area contributed by atoms with Crippen LogP contribution in [0.2, 0.25) is 5.02 Å². The summed E-state index contributed by atoms with van der Waals surface area (Å²) in [4.78, 5) is 20.0. The first kappa shape index (κ1) is 22.8. The number of hydrogen-bond acceptors (Lipinski definition) is 4. The van der Waals surface area contributed by atoms with Gasteiger partial charge in [0.1, 0.15) is 5.82 Å². The van der Waals surface area contributed by atoms with Crippen LogP contribution in [-0.4, -0.2) is 25.6 Å². The lowest BCUT2D eigenvalue weighted by atomic mass is 9.87. The average Bonchev–Trinajstić information content (AvgIpc) is 3.04. The summed E-state index contributed by atoms with van der Waals surface area (Å²) >= 11 is 6.13. The quantitative estimate of drug-likeness (QED) is 0.547. The molecule has 0 spiro atoms. The van der Waals surface area contributed by atoms with Crippen LogP contribution in [0.25, 0.3) is 11.0 Å². The average molecular weight is 477 g/mol. The van der Waals surface area contributed by atoms with E-state index in [0.29, 0.717) is 5.82 Å². The van der Waals surface area contributed by atoms with Gasteiger partial charge in [-0.05, 0) is 62.4 Å². The summed E-state index contributed by atoms with van der Waals surface area (Å²) in [7, 11) is 0. The molecule has 0 aliphatic carbocycles. The van der Waals surface area contributed by atoms with Gasteiger partial charge in [0.05, 0.1) is 45.0 Å². The standard InChI is InChI=1S/C23H20ClF3N4O2/c1-12-6-15(22(3)9-14(21(32)33)4-5-29-22)8-19-20(12)30-13(2)31(19)11-18-17(24)7-16(10-28-18)23(25,26)27/h4-10,29H,11H2,1-3H3,(H,32,33). The maximum absolute atomic E-state index is 13.0. The first-order valence-corrected chi connectivity index (χ1v) is 10.4. The van der Waals surface area contributed by atoms with Gasteiger partial charge < -0.3 is 15.0 Å². The number of aryl methyl sites for hydroxylation is 2. The molecule has 1 unspecified atom stereocenters. The van der Waals surface area contributed by atoms with Gasteiger partial charge >= 0.3 is 12.1 Å². The molecular formula is C23H20ClF3N4O2. The van der Waals surface area contributed by atoms with Gasteiger partial charge in [-0.1, -0.05) is 17.7 Å². The van der Waals surface area contributed by atoms with Crippen LogP contribution in [0.1, 0.15) is 35.1 Å². The number of aliphatic carboxylic acids is 1. The minimum Gasteiger partial charge on any atom is -0.478 e. The molecule has 1 atom stereocenters. The van der Waals surface area contributed by atoms with Crippen molar-refractivity contribution < 1.29 is 23.1 Å². The van der Waals surface area contributed by atoms with E-state index in [9.17, 15) is 23.1 Å². The lowest BCUT2D eigenvalue weighted by Gasteiger charge is -2.31. The summed E-state index contributed by atoms with van der Waals surface area (Å²) < 4.78 is 40.7. The van der Waals surface area contributed by atoms with Gasteiger partial charge in [-0.2, -0.15) is 13.2 Å². The predicted molar refractivity (Wildman–Crippen MR) is 118 cm³/mol. The molecule has 0 bridgehead atoms. The molecule has 0 amide bonds. The molecule has 0 saturated heterocycles. The third-order valence-electron chi connectivity index (χ3n) is 5.72. The molecule has 1 aliphatic rings. The van der Waals surface area contributed by atoms with Crippen LogP contribution < -0.4 is 5.32 Å². The normalized spacial score (nSPS) is 18.3. The summed E-state index contributed by atoms with van der Waals surface area (Å²) in [5.41, 5.74) is 1.91. The summed E-state index contributed by atoms with van der Waals surface area (Å²) in [5, 5.41) is 12.5. The Morgan fingerprint density at radius 1 is 1.27 bits per heavy atom. The highest BCUT2D eigenvalue weighted by Gasteiger charge is 2.32. The van der Waals surface area contributed by atoms with Crippen LogP contribution in [0.3, 0.4) is 0 Å². The third kappa shape index (κ3) is 4.20. The molecule has 0 radical (unpaired) electrons. The molecule has 2 aromatic heterocycles. The first-order chi connectivity index (χ1) is 15.4. The molecule has 1 aromatic carbocycles. The van der Waals surface area contributed by atoms with E-state index >= 15 is 0 Å². The Labute approximate surface area is 192 Å². The van der Waals surface area contributed by atoms with Crippen LogP contribution in [0.5, 0.6) is 0 Å². The van der Waals surface area contributed by atoms with Gasteiger partial charge in [0, 0.05) is 6.20 Å². The fourth-order valence-corrected chi connectivity index (χ4v) is 4.13.